The summed E-state index contributed by atoms with van der Waals surface area (Å²) in [6.07, 6.45) is -0.0511. The number of rotatable bonds is 7. The number of methoxy groups -OCH3 is 2. The van der Waals surface area contributed by atoms with Crippen LogP contribution in [0.25, 0.3) is 0 Å². The van der Waals surface area contributed by atoms with Gasteiger partial charge in [0.2, 0.25) is 0 Å². The summed E-state index contributed by atoms with van der Waals surface area (Å²) in [5, 5.41) is 20.6. The normalized spacial score (nSPS) is 11.4. The molecule has 102 valence electrons. The second-order valence-corrected chi connectivity index (χ2v) is 3.77. The fourth-order valence-electron chi connectivity index (χ4n) is 1.61. The Balaban J connectivity index is 2.90. The highest BCUT2D eigenvalue weighted by Crippen LogP contribution is 2.29. The van der Waals surface area contributed by atoms with Crippen molar-refractivity contribution in [3.63, 3.8) is 0 Å². The molecule has 0 saturated heterocycles. The van der Waals surface area contributed by atoms with Gasteiger partial charge in [0.15, 0.2) is 0 Å². The van der Waals surface area contributed by atoms with Crippen LogP contribution < -0.4 is 14.8 Å². The molecule has 0 aliphatic carbocycles. The molecule has 0 aliphatic rings. The van der Waals surface area contributed by atoms with Crippen LogP contribution in [0.4, 0.5) is 0 Å². The van der Waals surface area contributed by atoms with Crippen molar-refractivity contribution in [1.82, 2.24) is 5.32 Å². The van der Waals surface area contributed by atoms with E-state index >= 15 is 0 Å². The van der Waals surface area contributed by atoms with E-state index in [4.69, 9.17) is 14.6 Å². The molecular formula is C13H16N2O4. The number of carboxylic acid groups (broad SMARTS) is 1. The second kappa shape index (κ2) is 7.24. The summed E-state index contributed by atoms with van der Waals surface area (Å²) in [6, 6.07) is 6.56. The van der Waals surface area contributed by atoms with Gasteiger partial charge in [-0.05, 0) is 18.2 Å². The molecule has 1 unspecified atom stereocenters. The first-order chi connectivity index (χ1) is 9.12. The van der Waals surface area contributed by atoms with Crippen molar-refractivity contribution in [2.45, 2.75) is 12.5 Å². The summed E-state index contributed by atoms with van der Waals surface area (Å²) in [4.78, 5) is 10.5. The molecule has 0 amide bonds. The first-order valence-corrected chi connectivity index (χ1v) is 5.69. The lowest BCUT2D eigenvalue weighted by atomic mass is 10.1. The standard InChI is InChI=1S/C13H16N2O4/c1-18-9-3-4-12(19-2)10(7-9)11(8-14)15-6-5-13(16)17/h3-4,7,11,15H,5-6H2,1-2H3,(H,16,17). The molecule has 1 rings (SSSR count). The van der Waals surface area contributed by atoms with Crippen molar-refractivity contribution in [2.24, 2.45) is 0 Å². The van der Waals surface area contributed by atoms with Gasteiger partial charge >= 0.3 is 5.97 Å². The van der Waals surface area contributed by atoms with Gasteiger partial charge in [0.05, 0.1) is 26.7 Å². The number of nitrogens with one attached hydrogen (secondary N) is 1. The van der Waals surface area contributed by atoms with Gasteiger partial charge in [-0.3, -0.25) is 10.1 Å². The van der Waals surface area contributed by atoms with E-state index in [0.717, 1.165) is 0 Å². The maximum absolute atomic E-state index is 10.5. The van der Waals surface area contributed by atoms with Gasteiger partial charge in [0.1, 0.15) is 17.5 Å². The van der Waals surface area contributed by atoms with Gasteiger partial charge in [-0.1, -0.05) is 0 Å². The number of nitriles is 1. The Hall–Kier alpha value is -2.26. The Bertz CT molecular complexity index is 482. The zero-order chi connectivity index (χ0) is 14.3. The van der Waals surface area contributed by atoms with Crippen LogP contribution >= 0.6 is 0 Å². The minimum absolute atomic E-state index is 0.0511. The molecule has 6 nitrogen and oxygen atoms in total. The largest absolute Gasteiger partial charge is 0.497 e. The third kappa shape index (κ3) is 4.16. The second-order valence-electron chi connectivity index (χ2n) is 3.77. The van der Waals surface area contributed by atoms with E-state index in [9.17, 15) is 10.1 Å². The van der Waals surface area contributed by atoms with Crippen LogP contribution in [0.5, 0.6) is 11.5 Å². The average Bonchev–Trinajstić information content (AvgIpc) is 2.42. The van der Waals surface area contributed by atoms with Gasteiger partial charge in [-0.25, -0.2) is 0 Å². The number of benzene rings is 1. The Kier molecular flexibility index (Phi) is 5.64. The predicted octanol–water partition coefficient (Wildman–Crippen LogP) is 1.33. The van der Waals surface area contributed by atoms with Crippen LogP contribution in [-0.4, -0.2) is 31.8 Å². The van der Waals surface area contributed by atoms with Crippen LogP contribution in [0.15, 0.2) is 18.2 Å². The highest BCUT2D eigenvalue weighted by molar-refractivity contribution is 5.66. The molecule has 1 aromatic rings. The summed E-state index contributed by atoms with van der Waals surface area (Å²) in [7, 11) is 3.04. The van der Waals surface area contributed by atoms with E-state index in [1.807, 2.05) is 0 Å². The monoisotopic (exact) mass is 264 g/mol. The van der Waals surface area contributed by atoms with E-state index < -0.39 is 12.0 Å². The third-order valence-corrected chi connectivity index (χ3v) is 2.56. The minimum atomic E-state index is -0.915. The minimum Gasteiger partial charge on any atom is -0.497 e. The van der Waals surface area contributed by atoms with E-state index in [-0.39, 0.29) is 13.0 Å². The number of nitrogens with zero attached hydrogens (tertiary/aromatic N) is 1. The molecule has 6 heteroatoms. The molecule has 2 N–H and O–H groups in total. The summed E-state index contributed by atoms with van der Waals surface area (Å²) in [5.74, 6) is 0.244. The number of hydrogen-bond donors (Lipinski definition) is 2. The zero-order valence-electron chi connectivity index (χ0n) is 10.8. The fraction of sp³-hybridized carbons (Fsp3) is 0.385. The third-order valence-electron chi connectivity index (χ3n) is 2.56. The van der Waals surface area contributed by atoms with Gasteiger partial charge in [-0.2, -0.15) is 5.26 Å². The lowest BCUT2D eigenvalue weighted by molar-refractivity contribution is -0.136. The van der Waals surface area contributed by atoms with Gasteiger partial charge in [0, 0.05) is 12.1 Å². The average molecular weight is 264 g/mol. The molecule has 0 saturated carbocycles. The Morgan fingerprint density at radius 1 is 1.47 bits per heavy atom. The fourth-order valence-corrected chi connectivity index (χ4v) is 1.61. The summed E-state index contributed by atoms with van der Waals surface area (Å²) in [5.41, 5.74) is 0.620. The van der Waals surface area contributed by atoms with Crippen LogP contribution in [0, 0.1) is 11.3 Å². The highest BCUT2D eigenvalue weighted by atomic mass is 16.5. The van der Waals surface area contributed by atoms with Crippen molar-refractivity contribution >= 4 is 5.97 Å². The maximum atomic E-state index is 10.5. The van der Waals surface area contributed by atoms with Crippen LogP contribution in [0.1, 0.15) is 18.0 Å². The first-order valence-electron chi connectivity index (χ1n) is 5.69. The van der Waals surface area contributed by atoms with Crippen molar-refractivity contribution in [3.05, 3.63) is 23.8 Å². The lowest BCUT2D eigenvalue weighted by Gasteiger charge is -2.15. The quantitative estimate of drug-likeness (QED) is 0.772. The Labute approximate surface area is 111 Å². The molecular weight excluding hydrogens is 248 g/mol. The van der Waals surface area contributed by atoms with E-state index in [1.165, 1.54) is 14.2 Å². The Morgan fingerprint density at radius 2 is 2.21 bits per heavy atom. The van der Waals surface area contributed by atoms with Gasteiger partial charge in [0.25, 0.3) is 0 Å². The molecule has 0 aromatic heterocycles. The number of ether oxygens (including phenoxy) is 2. The van der Waals surface area contributed by atoms with Gasteiger partial charge < -0.3 is 14.6 Å². The van der Waals surface area contributed by atoms with Crippen LogP contribution in [-0.2, 0) is 4.79 Å². The van der Waals surface area contributed by atoms with Crippen LogP contribution in [0.3, 0.4) is 0 Å². The maximum Gasteiger partial charge on any atom is 0.304 e. The summed E-state index contributed by atoms with van der Waals surface area (Å²) >= 11 is 0. The number of aliphatic carboxylic acids is 1. The molecule has 1 aromatic carbocycles. The van der Waals surface area contributed by atoms with Gasteiger partial charge in [-0.15, -0.1) is 0 Å². The van der Waals surface area contributed by atoms with Crippen molar-refractivity contribution < 1.29 is 19.4 Å². The number of carbonyl (C=O) groups is 1. The SMILES string of the molecule is COc1ccc(OC)c(C(C#N)NCCC(=O)O)c1. The highest BCUT2D eigenvalue weighted by Gasteiger charge is 2.16. The van der Waals surface area contributed by atoms with E-state index in [0.29, 0.717) is 17.1 Å². The molecule has 0 bridgehead atoms. The van der Waals surface area contributed by atoms with Crippen molar-refractivity contribution in [3.8, 4) is 17.6 Å². The predicted molar refractivity (Wildman–Crippen MR) is 68.2 cm³/mol. The number of hydrogen-bond acceptors (Lipinski definition) is 5. The zero-order valence-corrected chi connectivity index (χ0v) is 10.8. The molecule has 0 spiro atoms. The molecule has 0 fully saturated rings. The van der Waals surface area contributed by atoms with E-state index in [1.54, 1.807) is 18.2 Å². The topological polar surface area (TPSA) is 91.6 Å². The first kappa shape index (κ1) is 14.8. The summed E-state index contributed by atoms with van der Waals surface area (Å²) < 4.78 is 10.3. The number of carboxylic acids is 1. The molecule has 0 aliphatic heterocycles. The van der Waals surface area contributed by atoms with E-state index in [2.05, 4.69) is 11.4 Å². The molecule has 0 heterocycles. The lowest BCUT2D eigenvalue weighted by Crippen LogP contribution is -2.23. The summed E-state index contributed by atoms with van der Waals surface area (Å²) in [6.45, 7) is 0.202. The molecule has 1 atom stereocenters. The Morgan fingerprint density at radius 3 is 2.74 bits per heavy atom. The van der Waals surface area contributed by atoms with Crippen molar-refractivity contribution in [2.75, 3.05) is 20.8 Å². The molecule has 19 heavy (non-hydrogen) atoms. The molecule has 0 radical (unpaired) electrons. The van der Waals surface area contributed by atoms with Crippen molar-refractivity contribution in [1.29, 1.82) is 5.26 Å². The smallest absolute Gasteiger partial charge is 0.304 e. The van der Waals surface area contributed by atoms with Crippen LogP contribution in [0.2, 0.25) is 0 Å².